The van der Waals surface area contributed by atoms with Crippen LogP contribution in [-0.2, 0) is 0 Å². The third-order valence-corrected chi connectivity index (χ3v) is 2.10. The summed E-state index contributed by atoms with van der Waals surface area (Å²) in [5.41, 5.74) is 6.55. The summed E-state index contributed by atoms with van der Waals surface area (Å²) in [6.45, 7) is -0.344. The number of halogens is 3. The van der Waals surface area contributed by atoms with Gasteiger partial charge in [0, 0.05) is 12.7 Å². The smallest absolute Gasteiger partial charge is 0.255 e. The fourth-order valence-electron chi connectivity index (χ4n) is 1.14. The molecular formula is C9H11ClF2N2. The molecule has 0 bridgehead atoms. The van der Waals surface area contributed by atoms with Crippen molar-refractivity contribution in [2.45, 2.75) is 6.43 Å². The SMILES string of the molecule is CN(CC(F)F)c1ccc(N)cc1Cl. The van der Waals surface area contributed by atoms with E-state index in [2.05, 4.69) is 0 Å². The first-order chi connectivity index (χ1) is 6.50. The molecule has 0 aliphatic rings. The van der Waals surface area contributed by atoms with Crippen molar-refractivity contribution in [2.24, 2.45) is 0 Å². The Balaban J connectivity index is 2.84. The van der Waals surface area contributed by atoms with Gasteiger partial charge in [0.05, 0.1) is 17.3 Å². The highest BCUT2D eigenvalue weighted by Gasteiger charge is 2.11. The van der Waals surface area contributed by atoms with Gasteiger partial charge in [-0.05, 0) is 18.2 Å². The highest BCUT2D eigenvalue weighted by Crippen LogP contribution is 2.27. The minimum atomic E-state index is -2.38. The average molecular weight is 221 g/mol. The van der Waals surface area contributed by atoms with E-state index in [-0.39, 0.29) is 6.54 Å². The molecule has 0 aliphatic heterocycles. The van der Waals surface area contributed by atoms with Crippen LogP contribution in [0.15, 0.2) is 18.2 Å². The lowest BCUT2D eigenvalue weighted by atomic mass is 10.2. The van der Waals surface area contributed by atoms with Crippen molar-refractivity contribution >= 4 is 23.0 Å². The molecule has 14 heavy (non-hydrogen) atoms. The minimum absolute atomic E-state index is 0.344. The molecule has 2 nitrogen and oxygen atoms in total. The quantitative estimate of drug-likeness (QED) is 0.794. The molecule has 1 aromatic rings. The number of nitrogens with two attached hydrogens (primary N) is 1. The summed E-state index contributed by atoms with van der Waals surface area (Å²) in [6, 6.07) is 4.79. The zero-order valence-corrected chi connectivity index (χ0v) is 8.43. The van der Waals surface area contributed by atoms with Crippen LogP contribution >= 0.6 is 11.6 Å². The van der Waals surface area contributed by atoms with Gasteiger partial charge in [0.1, 0.15) is 0 Å². The van der Waals surface area contributed by atoms with Gasteiger partial charge < -0.3 is 10.6 Å². The van der Waals surface area contributed by atoms with Crippen LogP contribution < -0.4 is 10.6 Å². The number of alkyl halides is 2. The van der Waals surface area contributed by atoms with Crippen molar-refractivity contribution in [1.29, 1.82) is 0 Å². The molecule has 1 rings (SSSR count). The molecule has 0 saturated heterocycles. The number of anilines is 2. The van der Waals surface area contributed by atoms with Gasteiger partial charge in [-0.1, -0.05) is 11.6 Å². The normalized spacial score (nSPS) is 10.6. The summed E-state index contributed by atoms with van der Waals surface area (Å²) in [5, 5.41) is 0.383. The van der Waals surface area contributed by atoms with Crippen LogP contribution in [0.2, 0.25) is 5.02 Å². The molecule has 0 fully saturated rings. The molecule has 1 aromatic carbocycles. The summed E-state index contributed by atoms with van der Waals surface area (Å²) < 4.78 is 24.1. The molecule has 0 spiro atoms. The number of benzene rings is 1. The van der Waals surface area contributed by atoms with E-state index >= 15 is 0 Å². The first kappa shape index (κ1) is 11.0. The third-order valence-electron chi connectivity index (χ3n) is 1.79. The molecular weight excluding hydrogens is 210 g/mol. The fraction of sp³-hybridized carbons (Fsp3) is 0.333. The summed E-state index contributed by atoms with van der Waals surface area (Å²) in [4.78, 5) is 1.40. The maximum absolute atomic E-state index is 12.1. The third kappa shape index (κ3) is 2.73. The molecule has 0 heterocycles. The van der Waals surface area contributed by atoms with Gasteiger partial charge in [-0.2, -0.15) is 0 Å². The molecule has 0 saturated carbocycles. The largest absolute Gasteiger partial charge is 0.399 e. The molecule has 78 valence electrons. The Labute approximate surface area is 86.3 Å². The molecule has 0 atom stereocenters. The molecule has 0 unspecified atom stereocenters. The van der Waals surface area contributed by atoms with E-state index in [4.69, 9.17) is 17.3 Å². The molecule has 0 aliphatic carbocycles. The van der Waals surface area contributed by atoms with Crippen LogP contribution in [0.1, 0.15) is 0 Å². The molecule has 5 heteroatoms. The summed E-state index contributed by atoms with van der Waals surface area (Å²) >= 11 is 5.84. The Kier molecular flexibility index (Phi) is 3.52. The Morgan fingerprint density at radius 1 is 1.50 bits per heavy atom. The van der Waals surface area contributed by atoms with Gasteiger partial charge in [-0.3, -0.25) is 0 Å². The van der Waals surface area contributed by atoms with Crippen molar-refractivity contribution in [3.05, 3.63) is 23.2 Å². The predicted molar refractivity (Wildman–Crippen MR) is 55.1 cm³/mol. The van der Waals surface area contributed by atoms with Crippen LogP contribution in [0.4, 0.5) is 20.2 Å². The van der Waals surface area contributed by atoms with Gasteiger partial charge in [0.25, 0.3) is 6.43 Å². The van der Waals surface area contributed by atoms with E-state index in [0.29, 0.717) is 16.4 Å². The van der Waals surface area contributed by atoms with Gasteiger partial charge in [0.2, 0.25) is 0 Å². The van der Waals surface area contributed by atoms with E-state index in [9.17, 15) is 8.78 Å². The van der Waals surface area contributed by atoms with Crippen LogP contribution in [0.3, 0.4) is 0 Å². The number of nitrogens with zero attached hydrogens (tertiary/aromatic N) is 1. The Morgan fingerprint density at radius 3 is 2.64 bits per heavy atom. The fourth-order valence-corrected chi connectivity index (χ4v) is 1.47. The molecule has 0 amide bonds. The van der Waals surface area contributed by atoms with Crippen molar-refractivity contribution in [3.63, 3.8) is 0 Å². The first-order valence-electron chi connectivity index (χ1n) is 4.05. The summed E-state index contributed by atoms with van der Waals surface area (Å²) in [7, 11) is 1.56. The van der Waals surface area contributed by atoms with Gasteiger partial charge in [-0.25, -0.2) is 8.78 Å². The first-order valence-corrected chi connectivity index (χ1v) is 4.43. The van der Waals surface area contributed by atoms with Crippen molar-refractivity contribution in [2.75, 3.05) is 24.2 Å². The highest BCUT2D eigenvalue weighted by atomic mass is 35.5. The lowest BCUT2D eigenvalue weighted by Crippen LogP contribution is -2.24. The van der Waals surface area contributed by atoms with Crippen molar-refractivity contribution < 1.29 is 8.78 Å². The van der Waals surface area contributed by atoms with Crippen molar-refractivity contribution in [3.8, 4) is 0 Å². The van der Waals surface area contributed by atoms with E-state index in [1.54, 1.807) is 25.2 Å². The average Bonchev–Trinajstić information content (AvgIpc) is 2.01. The van der Waals surface area contributed by atoms with E-state index < -0.39 is 6.43 Å². The summed E-state index contributed by atoms with van der Waals surface area (Å²) in [5.74, 6) is 0. The van der Waals surface area contributed by atoms with Crippen molar-refractivity contribution in [1.82, 2.24) is 0 Å². The zero-order valence-electron chi connectivity index (χ0n) is 7.67. The van der Waals surface area contributed by atoms with E-state index in [0.717, 1.165) is 0 Å². The van der Waals surface area contributed by atoms with Crippen LogP contribution in [-0.4, -0.2) is 20.0 Å². The van der Waals surface area contributed by atoms with Gasteiger partial charge in [-0.15, -0.1) is 0 Å². The van der Waals surface area contributed by atoms with E-state index in [1.807, 2.05) is 0 Å². The molecule has 2 N–H and O–H groups in total. The standard InChI is InChI=1S/C9H11ClF2N2/c1-14(5-9(11)12)8-3-2-6(13)4-7(8)10/h2-4,9H,5,13H2,1H3. The Hall–Kier alpha value is -1.03. The Bertz CT molecular complexity index is 318. The Morgan fingerprint density at radius 2 is 2.14 bits per heavy atom. The predicted octanol–water partition coefficient (Wildman–Crippen LogP) is 2.62. The monoisotopic (exact) mass is 220 g/mol. The van der Waals surface area contributed by atoms with Gasteiger partial charge in [0.15, 0.2) is 0 Å². The molecule has 0 radical (unpaired) electrons. The van der Waals surface area contributed by atoms with Crippen LogP contribution in [0, 0.1) is 0 Å². The topological polar surface area (TPSA) is 29.3 Å². The number of nitrogen functional groups attached to an aromatic ring is 1. The number of hydrogen-bond donors (Lipinski definition) is 1. The maximum Gasteiger partial charge on any atom is 0.255 e. The number of hydrogen-bond acceptors (Lipinski definition) is 2. The zero-order chi connectivity index (χ0) is 10.7. The second-order valence-corrected chi connectivity index (χ2v) is 3.39. The lowest BCUT2D eigenvalue weighted by Gasteiger charge is -2.20. The van der Waals surface area contributed by atoms with Crippen LogP contribution in [0.25, 0.3) is 0 Å². The second-order valence-electron chi connectivity index (χ2n) is 2.98. The van der Waals surface area contributed by atoms with E-state index in [1.165, 1.54) is 4.90 Å². The maximum atomic E-state index is 12.1. The lowest BCUT2D eigenvalue weighted by molar-refractivity contribution is 0.156. The number of rotatable bonds is 3. The molecule has 0 aromatic heterocycles. The second kappa shape index (κ2) is 4.46. The van der Waals surface area contributed by atoms with Gasteiger partial charge >= 0.3 is 0 Å². The minimum Gasteiger partial charge on any atom is -0.399 e. The summed E-state index contributed by atoms with van der Waals surface area (Å²) in [6.07, 6.45) is -2.38. The highest BCUT2D eigenvalue weighted by molar-refractivity contribution is 6.33. The van der Waals surface area contributed by atoms with Crippen LogP contribution in [0.5, 0.6) is 0 Å².